The van der Waals surface area contributed by atoms with E-state index in [4.69, 9.17) is 9.47 Å². The minimum atomic E-state index is -0.131. The molecule has 1 aliphatic carbocycles. The van der Waals surface area contributed by atoms with Crippen LogP contribution in [0.15, 0.2) is 48.7 Å². The molecule has 3 aromatic carbocycles. The molecule has 8 nitrogen and oxygen atoms in total. The highest BCUT2D eigenvalue weighted by Crippen LogP contribution is 2.39. The monoisotopic (exact) mass is 465 g/mol. The smallest absolute Gasteiger partial charge is 0.212 e. The number of aromatic nitrogens is 5. The number of nitrogens with one attached hydrogen (secondary N) is 1. The maximum absolute atomic E-state index is 14.1. The first kappa shape index (κ1) is 21.2. The minimum absolute atomic E-state index is 0.131. The highest BCUT2D eigenvalue weighted by molar-refractivity contribution is 6.22. The summed E-state index contributed by atoms with van der Waals surface area (Å²) in [6.07, 6.45) is 5.97. The summed E-state index contributed by atoms with van der Waals surface area (Å²) >= 11 is 0. The Bertz CT molecular complexity index is 1590. The van der Waals surface area contributed by atoms with Crippen molar-refractivity contribution in [2.45, 2.75) is 25.7 Å². The Labute approximate surface area is 201 Å². The van der Waals surface area contributed by atoms with Gasteiger partial charge in [0.15, 0.2) is 17.3 Å². The van der Waals surface area contributed by atoms with Gasteiger partial charge in [-0.2, -0.15) is 0 Å². The summed E-state index contributed by atoms with van der Waals surface area (Å²) in [5.41, 5.74) is 4.29. The molecule has 0 saturated carbocycles. The number of carbonyl (C=O) groups is 1. The molecule has 5 aromatic rings. The number of rotatable bonds is 5. The summed E-state index contributed by atoms with van der Waals surface area (Å²) in [6, 6.07) is 13.9. The van der Waals surface area contributed by atoms with E-state index in [9.17, 15) is 4.79 Å². The fourth-order valence-corrected chi connectivity index (χ4v) is 5.15. The Balaban J connectivity index is 1.62. The molecule has 6 rings (SSSR count). The average Bonchev–Trinajstić information content (AvgIpc) is 3.45. The summed E-state index contributed by atoms with van der Waals surface area (Å²) in [4.78, 5) is 18.8. The minimum Gasteiger partial charge on any atom is -0.493 e. The van der Waals surface area contributed by atoms with Crippen LogP contribution in [-0.2, 0) is 12.8 Å². The lowest BCUT2D eigenvalue weighted by Crippen LogP contribution is -2.11. The number of aromatic amines is 1. The molecule has 8 heteroatoms. The number of ether oxygens (including phenoxy) is 2. The zero-order valence-electron chi connectivity index (χ0n) is 19.5. The Morgan fingerprint density at radius 3 is 2.40 bits per heavy atom. The summed E-state index contributed by atoms with van der Waals surface area (Å²) in [5.74, 6) is 1.37. The second kappa shape index (κ2) is 8.47. The van der Waals surface area contributed by atoms with Crippen LogP contribution in [-0.4, -0.2) is 45.6 Å². The van der Waals surface area contributed by atoms with Crippen molar-refractivity contribution in [2.75, 3.05) is 14.2 Å². The molecule has 0 amide bonds. The van der Waals surface area contributed by atoms with E-state index < -0.39 is 0 Å². The summed E-state index contributed by atoms with van der Waals surface area (Å²) in [7, 11) is 3.14. The maximum atomic E-state index is 14.1. The molecular weight excluding hydrogens is 442 g/mol. The van der Waals surface area contributed by atoms with Crippen molar-refractivity contribution in [3.8, 4) is 22.9 Å². The van der Waals surface area contributed by atoms with Gasteiger partial charge in [-0.05, 0) is 76.2 Å². The quantitative estimate of drug-likeness (QED) is 0.376. The maximum Gasteiger partial charge on any atom is 0.212 e. The van der Waals surface area contributed by atoms with Gasteiger partial charge in [0.2, 0.25) is 5.78 Å². The molecular formula is C27H23N5O3. The fourth-order valence-electron chi connectivity index (χ4n) is 5.15. The first-order valence-corrected chi connectivity index (χ1v) is 11.6. The molecule has 0 atom stereocenters. The summed E-state index contributed by atoms with van der Waals surface area (Å²) in [5, 5.41) is 17.7. The highest BCUT2D eigenvalue weighted by atomic mass is 16.5. The molecule has 0 aliphatic heterocycles. The van der Waals surface area contributed by atoms with E-state index in [0.29, 0.717) is 39.5 Å². The van der Waals surface area contributed by atoms with Crippen LogP contribution in [0.4, 0.5) is 0 Å². The van der Waals surface area contributed by atoms with Gasteiger partial charge in [-0.25, -0.2) is 5.10 Å². The van der Waals surface area contributed by atoms with E-state index in [-0.39, 0.29) is 5.78 Å². The number of ketones is 1. The first-order valence-electron chi connectivity index (χ1n) is 11.6. The summed E-state index contributed by atoms with van der Waals surface area (Å²) in [6.45, 7) is 0. The molecule has 2 heterocycles. The van der Waals surface area contributed by atoms with Crippen molar-refractivity contribution in [1.82, 2.24) is 25.6 Å². The van der Waals surface area contributed by atoms with E-state index in [1.807, 2.05) is 24.3 Å². The zero-order chi connectivity index (χ0) is 23.9. The SMILES string of the molecule is COc1cc2c(-c3nnn[nH]3)cnc(C(=O)c3cc4c(c5ccccc35)CCCC4)c2cc1OC. The number of pyridine rings is 1. The van der Waals surface area contributed by atoms with E-state index in [0.717, 1.165) is 35.4 Å². The normalized spacial score (nSPS) is 13.1. The van der Waals surface area contributed by atoms with E-state index in [1.54, 1.807) is 26.5 Å². The van der Waals surface area contributed by atoms with Gasteiger partial charge < -0.3 is 9.47 Å². The second-order valence-corrected chi connectivity index (χ2v) is 8.67. The van der Waals surface area contributed by atoms with Gasteiger partial charge in [-0.3, -0.25) is 9.78 Å². The highest BCUT2D eigenvalue weighted by Gasteiger charge is 2.24. The van der Waals surface area contributed by atoms with Crippen LogP contribution in [0, 0.1) is 0 Å². The zero-order valence-corrected chi connectivity index (χ0v) is 19.5. The molecule has 1 N–H and O–H groups in total. The largest absolute Gasteiger partial charge is 0.493 e. The van der Waals surface area contributed by atoms with Gasteiger partial charge in [0.1, 0.15) is 5.69 Å². The van der Waals surface area contributed by atoms with Crippen molar-refractivity contribution in [3.05, 3.63) is 71.0 Å². The van der Waals surface area contributed by atoms with Gasteiger partial charge in [-0.1, -0.05) is 24.3 Å². The molecule has 2 aromatic heterocycles. The number of carbonyl (C=O) groups excluding carboxylic acids is 1. The van der Waals surface area contributed by atoms with Crippen LogP contribution >= 0.6 is 0 Å². The van der Waals surface area contributed by atoms with Gasteiger partial charge in [0, 0.05) is 28.1 Å². The van der Waals surface area contributed by atoms with Gasteiger partial charge in [0.05, 0.1) is 14.2 Å². The summed E-state index contributed by atoms with van der Waals surface area (Å²) < 4.78 is 11.1. The van der Waals surface area contributed by atoms with Crippen LogP contribution < -0.4 is 9.47 Å². The average molecular weight is 466 g/mol. The molecule has 0 radical (unpaired) electrons. The topological polar surface area (TPSA) is 103 Å². The van der Waals surface area contributed by atoms with Crippen LogP contribution in [0.25, 0.3) is 32.9 Å². The third kappa shape index (κ3) is 3.41. The number of hydrogen-bond donors (Lipinski definition) is 1. The number of benzene rings is 3. The Morgan fingerprint density at radius 2 is 1.66 bits per heavy atom. The predicted octanol–water partition coefficient (Wildman–Crippen LogP) is 4.70. The van der Waals surface area contributed by atoms with Crippen molar-refractivity contribution >= 4 is 27.3 Å². The molecule has 0 fully saturated rings. The van der Waals surface area contributed by atoms with Crippen LogP contribution in [0.3, 0.4) is 0 Å². The Kier molecular flexibility index (Phi) is 5.13. The van der Waals surface area contributed by atoms with Crippen molar-refractivity contribution in [3.63, 3.8) is 0 Å². The lowest BCUT2D eigenvalue weighted by Gasteiger charge is -2.20. The third-order valence-corrected chi connectivity index (χ3v) is 6.82. The van der Waals surface area contributed by atoms with Crippen LogP contribution in [0.5, 0.6) is 11.5 Å². The van der Waals surface area contributed by atoms with E-state index >= 15 is 0 Å². The number of hydrogen-bond acceptors (Lipinski definition) is 7. The lowest BCUT2D eigenvalue weighted by molar-refractivity contribution is 0.103. The number of H-pyrrole nitrogens is 1. The second-order valence-electron chi connectivity index (χ2n) is 8.67. The molecule has 174 valence electrons. The van der Waals surface area contributed by atoms with Gasteiger partial charge >= 0.3 is 0 Å². The van der Waals surface area contributed by atoms with Crippen molar-refractivity contribution < 1.29 is 14.3 Å². The van der Waals surface area contributed by atoms with Gasteiger partial charge in [-0.15, -0.1) is 5.10 Å². The lowest BCUT2D eigenvalue weighted by atomic mass is 9.84. The van der Waals surface area contributed by atoms with Gasteiger partial charge in [0.25, 0.3) is 0 Å². The first-order chi connectivity index (χ1) is 17.2. The van der Waals surface area contributed by atoms with E-state index in [1.165, 1.54) is 17.5 Å². The van der Waals surface area contributed by atoms with Crippen LogP contribution in [0.2, 0.25) is 0 Å². The number of tetrazole rings is 1. The molecule has 0 spiro atoms. The number of nitrogens with zero attached hydrogens (tertiary/aromatic N) is 4. The standard InChI is InChI=1S/C27H23N5O3/c1-34-23-12-19-20(13-24(23)35-2)25(28-14-22(19)27-29-31-32-30-27)26(33)21-11-15-7-3-4-8-16(15)17-9-5-6-10-18(17)21/h5-6,9-14H,3-4,7-8H2,1-2H3,(H,29,30,31,32). The molecule has 1 aliphatic rings. The molecule has 0 unspecified atom stereocenters. The van der Waals surface area contributed by atoms with Crippen molar-refractivity contribution in [1.29, 1.82) is 0 Å². The molecule has 0 saturated heterocycles. The van der Waals surface area contributed by atoms with Crippen LogP contribution in [0.1, 0.15) is 40.0 Å². The fraction of sp³-hybridized carbons (Fsp3) is 0.222. The molecule has 0 bridgehead atoms. The third-order valence-electron chi connectivity index (χ3n) is 6.82. The Morgan fingerprint density at radius 1 is 0.914 bits per heavy atom. The number of aryl methyl sites for hydroxylation is 2. The Hall–Kier alpha value is -4.33. The van der Waals surface area contributed by atoms with Crippen molar-refractivity contribution in [2.24, 2.45) is 0 Å². The number of methoxy groups -OCH3 is 2. The predicted molar refractivity (Wildman–Crippen MR) is 132 cm³/mol. The van der Waals surface area contributed by atoms with E-state index in [2.05, 4.69) is 37.7 Å². The molecule has 35 heavy (non-hydrogen) atoms. The number of fused-ring (bicyclic) bond motifs is 4.